The van der Waals surface area contributed by atoms with Gasteiger partial charge in [-0.25, -0.2) is 13.1 Å². The normalized spacial score (nSPS) is 17.8. The van der Waals surface area contributed by atoms with Crippen molar-refractivity contribution >= 4 is 15.7 Å². The molecule has 2 rings (SSSR count). The van der Waals surface area contributed by atoms with Crippen LogP contribution in [0.15, 0.2) is 23.1 Å². The Morgan fingerprint density at radius 2 is 2.00 bits per heavy atom. The smallest absolute Gasteiger partial charge is 0.306 e. The molecule has 0 unspecified atom stereocenters. The van der Waals surface area contributed by atoms with Gasteiger partial charge in [0.15, 0.2) is 4.90 Å². The Balaban J connectivity index is 2.28. The molecular formula is C12H16FN3O4S. The van der Waals surface area contributed by atoms with Crippen molar-refractivity contribution in [1.29, 1.82) is 0 Å². The van der Waals surface area contributed by atoms with Crippen LogP contribution in [-0.2, 0) is 10.0 Å². The zero-order valence-electron chi connectivity index (χ0n) is 11.5. The monoisotopic (exact) mass is 317 g/mol. The summed E-state index contributed by atoms with van der Waals surface area (Å²) >= 11 is 0. The first-order valence-corrected chi connectivity index (χ1v) is 7.93. The number of nitrogens with one attached hydrogen (secondary N) is 1. The van der Waals surface area contributed by atoms with E-state index in [1.807, 2.05) is 7.05 Å². The third kappa shape index (κ3) is 3.55. The molecule has 1 saturated heterocycles. The summed E-state index contributed by atoms with van der Waals surface area (Å²) in [5.74, 6) is -1.16. The lowest BCUT2D eigenvalue weighted by atomic mass is 10.1. The summed E-state index contributed by atoms with van der Waals surface area (Å²) < 4.78 is 40.5. The van der Waals surface area contributed by atoms with Gasteiger partial charge in [0.25, 0.3) is 0 Å². The van der Waals surface area contributed by atoms with Gasteiger partial charge in [0.1, 0.15) is 0 Å². The van der Waals surface area contributed by atoms with Crippen LogP contribution in [0.2, 0.25) is 0 Å². The number of piperidine rings is 1. The molecule has 1 heterocycles. The standard InChI is InChI=1S/C12H16FN3O4S/c1-15-7-5-9(6-8-15)14-21(19,20)11-4-2-3-10(13)12(11)16(17)18/h2-4,9,14H,5-8H2,1H3. The molecule has 0 aromatic heterocycles. The Hall–Kier alpha value is -1.58. The van der Waals surface area contributed by atoms with Crippen LogP contribution in [0.3, 0.4) is 0 Å². The molecule has 0 spiro atoms. The number of sulfonamides is 1. The number of rotatable bonds is 4. The Labute approximate surface area is 122 Å². The minimum Gasteiger partial charge on any atom is -0.306 e. The molecule has 1 N–H and O–H groups in total. The van der Waals surface area contributed by atoms with Crippen LogP contribution < -0.4 is 4.72 Å². The lowest BCUT2D eigenvalue weighted by Crippen LogP contribution is -2.43. The van der Waals surface area contributed by atoms with Crippen LogP contribution in [0.4, 0.5) is 10.1 Å². The minimum absolute atomic E-state index is 0.297. The SMILES string of the molecule is CN1CCC(NS(=O)(=O)c2cccc(F)c2[N+](=O)[O-])CC1. The fraction of sp³-hybridized carbons (Fsp3) is 0.500. The molecule has 1 aromatic rings. The summed E-state index contributed by atoms with van der Waals surface area (Å²) in [5.41, 5.74) is -1.02. The van der Waals surface area contributed by atoms with Crippen molar-refractivity contribution in [3.05, 3.63) is 34.1 Å². The quantitative estimate of drug-likeness (QED) is 0.663. The van der Waals surface area contributed by atoms with Crippen LogP contribution in [0.25, 0.3) is 0 Å². The first kappa shape index (κ1) is 15.8. The van der Waals surface area contributed by atoms with Crippen LogP contribution in [0, 0.1) is 15.9 Å². The summed E-state index contributed by atoms with van der Waals surface area (Å²) in [7, 11) is -2.19. The van der Waals surface area contributed by atoms with E-state index >= 15 is 0 Å². The molecule has 21 heavy (non-hydrogen) atoms. The highest BCUT2D eigenvalue weighted by molar-refractivity contribution is 7.89. The van der Waals surface area contributed by atoms with Crippen molar-refractivity contribution in [3.63, 3.8) is 0 Å². The molecule has 1 aliphatic heterocycles. The van der Waals surface area contributed by atoms with E-state index < -0.39 is 31.3 Å². The molecule has 7 nitrogen and oxygen atoms in total. The van der Waals surface area contributed by atoms with Gasteiger partial charge in [0.05, 0.1) is 4.92 Å². The van der Waals surface area contributed by atoms with Crippen molar-refractivity contribution in [2.45, 2.75) is 23.8 Å². The minimum atomic E-state index is -4.13. The van der Waals surface area contributed by atoms with Gasteiger partial charge in [-0.05, 0) is 45.1 Å². The second-order valence-electron chi connectivity index (χ2n) is 5.04. The zero-order chi connectivity index (χ0) is 15.6. The Morgan fingerprint density at radius 3 is 2.57 bits per heavy atom. The summed E-state index contributed by atoms with van der Waals surface area (Å²) in [4.78, 5) is 11.3. The van der Waals surface area contributed by atoms with Gasteiger partial charge in [-0.2, -0.15) is 4.39 Å². The Bertz CT molecular complexity index is 642. The number of para-hydroxylation sites is 1. The summed E-state index contributed by atoms with van der Waals surface area (Å²) in [6.07, 6.45) is 1.22. The second kappa shape index (κ2) is 6.04. The molecule has 1 fully saturated rings. The van der Waals surface area contributed by atoms with E-state index in [1.165, 1.54) is 0 Å². The number of hydrogen-bond acceptors (Lipinski definition) is 5. The summed E-state index contributed by atoms with van der Waals surface area (Å²) in [6.45, 7) is 1.47. The number of halogens is 1. The van der Waals surface area contributed by atoms with E-state index in [0.717, 1.165) is 31.3 Å². The van der Waals surface area contributed by atoms with Gasteiger partial charge < -0.3 is 4.90 Å². The topological polar surface area (TPSA) is 92.6 Å². The second-order valence-corrected chi connectivity index (χ2v) is 6.72. The number of nitrogens with zero attached hydrogens (tertiary/aromatic N) is 2. The Morgan fingerprint density at radius 1 is 1.38 bits per heavy atom. The molecule has 1 aliphatic rings. The summed E-state index contributed by atoms with van der Waals surface area (Å²) in [5, 5.41) is 10.9. The van der Waals surface area contributed by atoms with E-state index in [4.69, 9.17) is 0 Å². The molecule has 0 atom stereocenters. The largest absolute Gasteiger partial charge is 0.324 e. The van der Waals surface area contributed by atoms with Crippen molar-refractivity contribution < 1.29 is 17.7 Å². The molecule has 0 amide bonds. The van der Waals surface area contributed by atoms with Crippen LogP contribution in [0.1, 0.15) is 12.8 Å². The van der Waals surface area contributed by atoms with Gasteiger partial charge in [-0.1, -0.05) is 6.07 Å². The van der Waals surface area contributed by atoms with Crippen molar-refractivity contribution in [2.75, 3.05) is 20.1 Å². The molecule has 9 heteroatoms. The predicted octanol–water partition coefficient (Wildman–Crippen LogP) is 1.11. The van der Waals surface area contributed by atoms with E-state index in [2.05, 4.69) is 9.62 Å². The maximum Gasteiger partial charge on any atom is 0.324 e. The van der Waals surface area contributed by atoms with Gasteiger partial charge in [0.2, 0.25) is 15.8 Å². The third-order valence-corrected chi connectivity index (χ3v) is 5.01. The van der Waals surface area contributed by atoms with E-state index in [-0.39, 0.29) is 6.04 Å². The van der Waals surface area contributed by atoms with Gasteiger partial charge >= 0.3 is 5.69 Å². The number of nitro groups is 1. The number of nitro benzene ring substituents is 1. The zero-order valence-corrected chi connectivity index (χ0v) is 12.3. The lowest BCUT2D eigenvalue weighted by molar-refractivity contribution is -0.390. The highest BCUT2D eigenvalue weighted by Crippen LogP contribution is 2.27. The molecule has 0 radical (unpaired) electrons. The maximum absolute atomic E-state index is 13.5. The molecule has 116 valence electrons. The number of hydrogen-bond donors (Lipinski definition) is 1. The fourth-order valence-electron chi connectivity index (χ4n) is 2.30. The maximum atomic E-state index is 13.5. The van der Waals surface area contributed by atoms with Gasteiger partial charge in [-0.15, -0.1) is 0 Å². The van der Waals surface area contributed by atoms with Gasteiger partial charge in [0, 0.05) is 6.04 Å². The van der Waals surface area contributed by atoms with E-state index in [1.54, 1.807) is 0 Å². The van der Waals surface area contributed by atoms with Crippen LogP contribution in [0.5, 0.6) is 0 Å². The molecule has 0 aliphatic carbocycles. The molecule has 1 aromatic carbocycles. The lowest BCUT2D eigenvalue weighted by Gasteiger charge is -2.29. The molecule has 0 bridgehead atoms. The predicted molar refractivity (Wildman–Crippen MR) is 73.9 cm³/mol. The number of benzene rings is 1. The summed E-state index contributed by atoms with van der Waals surface area (Å²) in [6, 6.07) is 2.76. The Kier molecular flexibility index (Phi) is 4.55. The van der Waals surface area contributed by atoms with E-state index in [0.29, 0.717) is 12.8 Å². The van der Waals surface area contributed by atoms with Crippen LogP contribution >= 0.6 is 0 Å². The van der Waals surface area contributed by atoms with Crippen LogP contribution in [-0.4, -0.2) is 44.4 Å². The third-order valence-electron chi connectivity index (χ3n) is 3.46. The highest BCUT2D eigenvalue weighted by atomic mass is 32.2. The van der Waals surface area contributed by atoms with Crippen molar-refractivity contribution in [2.24, 2.45) is 0 Å². The first-order valence-electron chi connectivity index (χ1n) is 6.45. The molecular weight excluding hydrogens is 301 g/mol. The van der Waals surface area contributed by atoms with Crippen molar-refractivity contribution in [3.8, 4) is 0 Å². The average molecular weight is 317 g/mol. The van der Waals surface area contributed by atoms with E-state index in [9.17, 15) is 22.9 Å². The average Bonchev–Trinajstić information content (AvgIpc) is 2.40. The highest BCUT2D eigenvalue weighted by Gasteiger charge is 2.31. The number of likely N-dealkylation sites (tertiary alicyclic amines) is 1. The van der Waals surface area contributed by atoms with Crippen molar-refractivity contribution in [1.82, 2.24) is 9.62 Å². The van der Waals surface area contributed by atoms with Gasteiger partial charge in [-0.3, -0.25) is 10.1 Å². The fourth-order valence-corrected chi connectivity index (χ4v) is 3.78. The first-order chi connectivity index (χ1) is 9.81. The molecule has 0 saturated carbocycles.